The van der Waals surface area contributed by atoms with Gasteiger partial charge in [0.05, 0.1) is 6.10 Å². The molecule has 0 radical (unpaired) electrons. The van der Waals surface area contributed by atoms with Crippen LogP contribution in [-0.2, 0) is 4.74 Å². The average Bonchev–Trinajstić information content (AvgIpc) is 2.97. The highest BCUT2D eigenvalue weighted by Crippen LogP contribution is 2.29. The molecule has 0 saturated carbocycles. The third-order valence-electron chi connectivity index (χ3n) is 4.07. The Morgan fingerprint density at radius 3 is 2.84 bits per heavy atom. The summed E-state index contributed by atoms with van der Waals surface area (Å²) >= 11 is 0. The molecule has 1 N–H and O–H groups in total. The summed E-state index contributed by atoms with van der Waals surface area (Å²) in [6.07, 6.45) is 3.88. The van der Waals surface area contributed by atoms with Crippen molar-refractivity contribution in [2.24, 2.45) is 0 Å². The molecule has 2 aromatic rings. The van der Waals surface area contributed by atoms with E-state index in [0.29, 0.717) is 12.1 Å². The van der Waals surface area contributed by atoms with Gasteiger partial charge in [0.2, 0.25) is 0 Å². The van der Waals surface area contributed by atoms with E-state index < -0.39 is 0 Å². The first-order valence-electron chi connectivity index (χ1n) is 7.15. The number of rotatable bonds is 4. The van der Waals surface area contributed by atoms with Crippen LogP contribution in [0.15, 0.2) is 42.5 Å². The molecule has 2 unspecified atom stereocenters. The maximum Gasteiger partial charge on any atom is 0.0594 e. The van der Waals surface area contributed by atoms with Gasteiger partial charge in [0.15, 0.2) is 0 Å². The van der Waals surface area contributed by atoms with Crippen LogP contribution in [0.4, 0.5) is 0 Å². The van der Waals surface area contributed by atoms with Gasteiger partial charge in [-0.1, -0.05) is 42.5 Å². The lowest BCUT2D eigenvalue weighted by atomic mass is 9.94. The predicted octanol–water partition coefficient (Wildman–Crippen LogP) is 3.67. The zero-order chi connectivity index (χ0) is 13.1. The van der Waals surface area contributed by atoms with Crippen molar-refractivity contribution in [2.45, 2.75) is 31.4 Å². The first-order valence-corrected chi connectivity index (χ1v) is 7.15. The zero-order valence-corrected chi connectivity index (χ0v) is 11.4. The van der Waals surface area contributed by atoms with Gasteiger partial charge in [-0.05, 0) is 42.6 Å². The summed E-state index contributed by atoms with van der Waals surface area (Å²) in [5.74, 6) is 0. The Bertz CT molecular complexity index is 540. The normalized spacial score (nSPS) is 20.8. The van der Waals surface area contributed by atoms with E-state index >= 15 is 0 Å². The van der Waals surface area contributed by atoms with Gasteiger partial charge in [-0.3, -0.25) is 0 Å². The first-order chi connectivity index (χ1) is 9.38. The SMILES string of the molecule is CNC(CC1CCCO1)c1cccc2ccccc12. The molecule has 0 aliphatic carbocycles. The monoisotopic (exact) mass is 255 g/mol. The summed E-state index contributed by atoms with van der Waals surface area (Å²) in [6, 6.07) is 15.5. The summed E-state index contributed by atoms with van der Waals surface area (Å²) in [5.41, 5.74) is 1.39. The number of benzene rings is 2. The van der Waals surface area contributed by atoms with Gasteiger partial charge in [0.25, 0.3) is 0 Å². The molecule has 1 fully saturated rings. The molecule has 0 spiro atoms. The molecule has 0 amide bonds. The van der Waals surface area contributed by atoms with Gasteiger partial charge in [-0.15, -0.1) is 0 Å². The summed E-state index contributed by atoms with van der Waals surface area (Å²) in [4.78, 5) is 0. The fraction of sp³-hybridized carbons (Fsp3) is 0.412. The molecule has 1 aliphatic heterocycles. The van der Waals surface area contributed by atoms with Crippen molar-refractivity contribution in [3.05, 3.63) is 48.0 Å². The minimum absolute atomic E-state index is 0.370. The molecule has 2 nitrogen and oxygen atoms in total. The van der Waals surface area contributed by atoms with E-state index in [9.17, 15) is 0 Å². The van der Waals surface area contributed by atoms with E-state index in [1.54, 1.807) is 0 Å². The molecule has 1 aliphatic rings. The molecule has 100 valence electrons. The highest BCUT2D eigenvalue weighted by Gasteiger charge is 2.21. The van der Waals surface area contributed by atoms with E-state index in [4.69, 9.17) is 4.74 Å². The Labute approximate surface area is 114 Å². The maximum absolute atomic E-state index is 5.78. The average molecular weight is 255 g/mol. The number of ether oxygens (including phenoxy) is 1. The minimum atomic E-state index is 0.370. The third kappa shape index (κ3) is 2.65. The summed E-state index contributed by atoms with van der Waals surface area (Å²) in [7, 11) is 2.04. The van der Waals surface area contributed by atoms with Gasteiger partial charge >= 0.3 is 0 Å². The van der Waals surface area contributed by atoms with Gasteiger partial charge < -0.3 is 10.1 Å². The lowest BCUT2D eigenvalue weighted by Gasteiger charge is -2.21. The molecule has 3 rings (SSSR count). The molecule has 2 atom stereocenters. The van der Waals surface area contributed by atoms with Gasteiger partial charge in [-0.2, -0.15) is 0 Å². The van der Waals surface area contributed by atoms with Gasteiger partial charge in [0.1, 0.15) is 0 Å². The Kier molecular flexibility index (Phi) is 3.81. The van der Waals surface area contributed by atoms with Crippen LogP contribution in [0.25, 0.3) is 10.8 Å². The maximum atomic E-state index is 5.78. The van der Waals surface area contributed by atoms with Crippen molar-refractivity contribution in [1.29, 1.82) is 0 Å². The van der Waals surface area contributed by atoms with E-state index in [-0.39, 0.29) is 0 Å². The molecular formula is C17H21NO. The standard InChI is InChI=1S/C17H21NO/c1-18-17(12-14-8-5-11-19-14)16-10-4-7-13-6-2-3-9-15(13)16/h2-4,6-7,9-10,14,17-18H,5,8,11-12H2,1H3. The Hall–Kier alpha value is -1.38. The number of nitrogens with one attached hydrogen (secondary N) is 1. The Morgan fingerprint density at radius 2 is 2.05 bits per heavy atom. The van der Waals surface area contributed by atoms with Crippen molar-refractivity contribution in [2.75, 3.05) is 13.7 Å². The van der Waals surface area contributed by atoms with Crippen molar-refractivity contribution < 1.29 is 4.74 Å². The van der Waals surface area contributed by atoms with E-state index in [2.05, 4.69) is 47.8 Å². The third-order valence-corrected chi connectivity index (χ3v) is 4.07. The number of hydrogen-bond acceptors (Lipinski definition) is 2. The summed E-state index contributed by atoms with van der Waals surface area (Å²) in [5, 5.41) is 6.12. The van der Waals surface area contributed by atoms with Crippen LogP contribution < -0.4 is 5.32 Å². The predicted molar refractivity (Wildman–Crippen MR) is 79.3 cm³/mol. The molecule has 0 bridgehead atoms. The van der Waals surface area contributed by atoms with Crippen molar-refractivity contribution in [1.82, 2.24) is 5.32 Å². The quantitative estimate of drug-likeness (QED) is 0.900. The van der Waals surface area contributed by atoms with Crippen LogP contribution in [0.2, 0.25) is 0 Å². The molecule has 1 saturated heterocycles. The Morgan fingerprint density at radius 1 is 1.21 bits per heavy atom. The molecule has 2 heteroatoms. The Balaban J connectivity index is 1.91. The van der Waals surface area contributed by atoms with Crippen molar-refractivity contribution in [3.8, 4) is 0 Å². The van der Waals surface area contributed by atoms with Crippen LogP contribution in [-0.4, -0.2) is 19.8 Å². The number of fused-ring (bicyclic) bond motifs is 1. The first kappa shape index (κ1) is 12.6. The van der Waals surface area contributed by atoms with Gasteiger partial charge in [-0.25, -0.2) is 0 Å². The smallest absolute Gasteiger partial charge is 0.0594 e. The largest absolute Gasteiger partial charge is 0.378 e. The van der Waals surface area contributed by atoms with Crippen LogP contribution in [0.5, 0.6) is 0 Å². The second-order valence-electron chi connectivity index (χ2n) is 5.28. The van der Waals surface area contributed by atoms with Crippen molar-refractivity contribution >= 4 is 10.8 Å². The zero-order valence-electron chi connectivity index (χ0n) is 11.4. The van der Waals surface area contributed by atoms with E-state index in [0.717, 1.165) is 13.0 Å². The second kappa shape index (κ2) is 5.72. The molecule has 0 aromatic heterocycles. The van der Waals surface area contributed by atoms with Crippen LogP contribution in [0, 0.1) is 0 Å². The van der Waals surface area contributed by atoms with Crippen molar-refractivity contribution in [3.63, 3.8) is 0 Å². The second-order valence-corrected chi connectivity index (χ2v) is 5.28. The van der Waals surface area contributed by atoms with E-state index in [1.165, 1.54) is 29.2 Å². The highest BCUT2D eigenvalue weighted by atomic mass is 16.5. The summed E-state index contributed by atoms with van der Waals surface area (Å²) < 4.78 is 5.78. The molecular weight excluding hydrogens is 234 g/mol. The van der Waals surface area contributed by atoms with E-state index in [1.807, 2.05) is 7.05 Å². The molecule has 2 aromatic carbocycles. The fourth-order valence-electron chi connectivity index (χ4n) is 3.05. The molecule has 19 heavy (non-hydrogen) atoms. The van der Waals surface area contributed by atoms with Crippen LogP contribution in [0.3, 0.4) is 0 Å². The lowest BCUT2D eigenvalue weighted by molar-refractivity contribution is 0.0955. The van der Waals surface area contributed by atoms with Crippen LogP contribution >= 0.6 is 0 Å². The fourth-order valence-corrected chi connectivity index (χ4v) is 3.05. The van der Waals surface area contributed by atoms with Gasteiger partial charge in [0, 0.05) is 12.6 Å². The highest BCUT2D eigenvalue weighted by molar-refractivity contribution is 5.86. The number of hydrogen-bond donors (Lipinski definition) is 1. The summed E-state index contributed by atoms with van der Waals surface area (Å²) in [6.45, 7) is 0.927. The van der Waals surface area contributed by atoms with Crippen LogP contribution in [0.1, 0.15) is 30.9 Å². The topological polar surface area (TPSA) is 21.3 Å². The lowest BCUT2D eigenvalue weighted by Crippen LogP contribution is -2.22. The minimum Gasteiger partial charge on any atom is -0.378 e. The molecule has 1 heterocycles.